The van der Waals surface area contributed by atoms with Gasteiger partial charge < -0.3 is 10.1 Å². The van der Waals surface area contributed by atoms with Crippen LogP contribution in [-0.2, 0) is 4.79 Å². The van der Waals surface area contributed by atoms with Gasteiger partial charge in [0.05, 0.1) is 0 Å². The Morgan fingerprint density at radius 3 is 2.52 bits per heavy atom. The lowest BCUT2D eigenvalue weighted by molar-refractivity contribution is -0.121. The van der Waals surface area contributed by atoms with Crippen molar-refractivity contribution in [3.05, 3.63) is 58.1 Å². The highest BCUT2D eigenvalue weighted by Gasteiger charge is 2.07. The molecule has 0 aliphatic rings. The first-order valence-corrected chi connectivity index (χ1v) is 8.20. The van der Waals surface area contributed by atoms with Gasteiger partial charge in [0, 0.05) is 10.2 Å². The average Bonchev–Trinajstić information content (AvgIpc) is 2.49. The van der Waals surface area contributed by atoms with Gasteiger partial charge in [-0.05, 0) is 62.0 Å². The predicted octanol–water partition coefficient (Wildman–Crippen LogP) is 3.96. The van der Waals surface area contributed by atoms with Crippen LogP contribution < -0.4 is 15.4 Å². The second-order valence-corrected chi connectivity index (χ2v) is 6.39. The van der Waals surface area contributed by atoms with Gasteiger partial charge in [0.1, 0.15) is 5.75 Å². The van der Waals surface area contributed by atoms with E-state index in [1.54, 1.807) is 12.1 Å². The van der Waals surface area contributed by atoms with Gasteiger partial charge >= 0.3 is 0 Å². The molecule has 6 heteroatoms. The van der Waals surface area contributed by atoms with E-state index in [0.717, 1.165) is 15.7 Å². The quantitative estimate of drug-likeness (QED) is 0.773. The fraction of sp³-hybridized carbons (Fsp3) is 0.176. The van der Waals surface area contributed by atoms with E-state index in [0.29, 0.717) is 5.75 Å². The molecule has 0 radical (unpaired) electrons. The second-order valence-electron chi connectivity index (χ2n) is 5.06. The average molecular weight is 393 g/mol. The van der Waals surface area contributed by atoms with Gasteiger partial charge in [-0.15, -0.1) is 0 Å². The lowest BCUT2D eigenvalue weighted by Gasteiger charge is -2.12. The summed E-state index contributed by atoms with van der Waals surface area (Å²) in [4.78, 5) is 11.9. The molecule has 0 bridgehead atoms. The summed E-state index contributed by atoms with van der Waals surface area (Å²) < 4.78 is 6.35. The van der Waals surface area contributed by atoms with Crippen molar-refractivity contribution in [3.63, 3.8) is 0 Å². The van der Waals surface area contributed by atoms with Crippen molar-refractivity contribution in [2.24, 2.45) is 0 Å². The molecule has 2 aromatic carbocycles. The van der Waals surface area contributed by atoms with E-state index in [1.165, 1.54) is 5.56 Å². The minimum atomic E-state index is -0.310. The van der Waals surface area contributed by atoms with Crippen LogP contribution in [0.15, 0.2) is 46.9 Å². The van der Waals surface area contributed by atoms with Gasteiger partial charge in [0.15, 0.2) is 11.7 Å². The molecule has 0 aliphatic heterocycles. The van der Waals surface area contributed by atoms with Crippen LogP contribution in [0.2, 0.25) is 0 Å². The summed E-state index contributed by atoms with van der Waals surface area (Å²) in [5.41, 5.74) is 3.10. The highest BCUT2D eigenvalue weighted by atomic mass is 79.9. The number of thiocarbonyl (C=S) groups is 1. The fourth-order valence-corrected chi connectivity index (χ4v) is 2.44. The van der Waals surface area contributed by atoms with Gasteiger partial charge in [0.2, 0.25) is 0 Å². The van der Waals surface area contributed by atoms with E-state index in [-0.39, 0.29) is 17.6 Å². The van der Waals surface area contributed by atoms with E-state index >= 15 is 0 Å². The van der Waals surface area contributed by atoms with Crippen molar-refractivity contribution < 1.29 is 9.53 Å². The molecule has 0 heterocycles. The fourth-order valence-electron chi connectivity index (χ4n) is 1.95. The molecule has 0 aliphatic carbocycles. The predicted molar refractivity (Wildman–Crippen MR) is 99.9 cm³/mol. The molecule has 0 fully saturated rings. The molecule has 0 saturated heterocycles. The Kier molecular flexibility index (Phi) is 6.12. The van der Waals surface area contributed by atoms with E-state index in [9.17, 15) is 4.79 Å². The van der Waals surface area contributed by atoms with Crippen molar-refractivity contribution in [2.45, 2.75) is 13.8 Å². The molecule has 120 valence electrons. The van der Waals surface area contributed by atoms with E-state index in [1.807, 2.05) is 44.2 Å². The number of carbonyl (C=O) groups excluding carboxylic acids is 1. The van der Waals surface area contributed by atoms with Crippen molar-refractivity contribution in [1.82, 2.24) is 5.32 Å². The first-order chi connectivity index (χ1) is 10.9. The summed E-state index contributed by atoms with van der Waals surface area (Å²) in [6.07, 6.45) is 0. The van der Waals surface area contributed by atoms with Crippen LogP contribution in [0.5, 0.6) is 5.75 Å². The summed E-state index contributed by atoms with van der Waals surface area (Å²) in [7, 11) is 0. The highest BCUT2D eigenvalue weighted by molar-refractivity contribution is 9.10. The Balaban J connectivity index is 1.82. The molecule has 0 spiro atoms. The molecule has 2 aromatic rings. The zero-order chi connectivity index (χ0) is 16.8. The van der Waals surface area contributed by atoms with E-state index in [2.05, 4.69) is 26.6 Å². The van der Waals surface area contributed by atoms with Crippen molar-refractivity contribution in [1.29, 1.82) is 0 Å². The molecule has 2 N–H and O–H groups in total. The molecule has 1 amide bonds. The summed E-state index contributed by atoms with van der Waals surface area (Å²) in [5.74, 6) is 0.312. The van der Waals surface area contributed by atoms with E-state index < -0.39 is 0 Å². The Bertz CT molecular complexity index is 717. The topological polar surface area (TPSA) is 50.4 Å². The van der Waals surface area contributed by atoms with Gasteiger partial charge in [-0.3, -0.25) is 10.1 Å². The first kappa shape index (κ1) is 17.4. The molecule has 0 unspecified atom stereocenters. The number of aryl methyl sites for hydroxylation is 2. The van der Waals surface area contributed by atoms with Gasteiger partial charge in [0.25, 0.3) is 5.91 Å². The Morgan fingerprint density at radius 2 is 1.87 bits per heavy atom. The number of rotatable bonds is 4. The van der Waals surface area contributed by atoms with Crippen molar-refractivity contribution >= 4 is 44.9 Å². The number of ether oxygens (including phenoxy) is 1. The minimum Gasteiger partial charge on any atom is -0.484 e. The molecular formula is C17H17BrN2O2S. The number of halogens is 1. The Morgan fingerprint density at radius 1 is 1.17 bits per heavy atom. The van der Waals surface area contributed by atoms with Gasteiger partial charge in [-0.2, -0.15) is 0 Å². The summed E-state index contributed by atoms with van der Waals surface area (Å²) in [5, 5.41) is 5.86. The zero-order valence-corrected chi connectivity index (χ0v) is 15.3. The number of hydrogen-bond acceptors (Lipinski definition) is 3. The number of carbonyl (C=O) groups is 1. The SMILES string of the molecule is Cc1ccc(NC(=S)NC(=O)COc2ccc(Br)cc2)c(C)c1. The number of anilines is 1. The van der Waals surface area contributed by atoms with Crippen LogP contribution in [0.3, 0.4) is 0 Å². The third-order valence-corrected chi connectivity index (χ3v) is 3.80. The van der Waals surface area contributed by atoms with Crippen LogP contribution in [-0.4, -0.2) is 17.6 Å². The Labute approximate surface area is 149 Å². The molecule has 0 saturated carbocycles. The largest absolute Gasteiger partial charge is 0.484 e. The number of amides is 1. The van der Waals surface area contributed by atoms with Crippen LogP contribution in [0, 0.1) is 13.8 Å². The first-order valence-electron chi connectivity index (χ1n) is 7.00. The van der Waals surface area contributed by atoms with Gasteiger partial charge in [-0.25, -0.2) is 0 Å². The standard InChI is InChI=1S/C17H17BrN2O2S/c1-11-3-8-15(12(2)9-11)19-17(23)20-16(21)10-22-14-6-4-13(18)5-7-14/h3-9H,10H2,1-2H3,(H2,19,20,21,23). The smallest absolute Gasteiger partial charge is 0.264 e. The van der Waals surface area contributed by atoms with Crippen molar-refractivity contribution in [3.8, 4) is 5.75 Å². The Hall–Kier alpha value is -1.92. The summed E-state index contributed by atoms with van der Waals surface area (Å²) in [6.45, 7) is 3.91. The van der Waals surface area contributed by atoms with Crippen LogP contribution in [0.1, 0.15) is 11.1 Å². The molecule has 2 rings (SSSR count). The molecule has 23 heavy (non-hydrogen) atoms. The molecular weight excluding hydrogens is 376 g/mol. The number of benzene rings is 2. The minimum absolute atomic E-state index is 0.101. The van der Waals surface area contributed by atoms with E-state index in [4.69, 9.17) is 17.0 Å². The summed E-state index contributed by atoms with van der Waals surface area (Å²) >= 11 is 8.49. The normalized spacial score (nSPS) is 10.0. The zero-order valence-electron chi connectivity index (χ0n) is 12.9. The van der Waals surface area contributed by atoms with Gasteiger partial charge in [-0.1, -0.05) is 33.6 Å². The van der Waals surface area contributed by atoms with Crippen LogP contribution in [0.25, 0.3) is 0 Å². The number of hydrogen-bond donors (Lipinski definition) is 2. The van der Waals surface area contributed by atoms with Crippen LogP contribution >= 0.6 is 28.1 Å². The molecule has 0 atom stereocenters. The maximum Gasteiger partial charge on any atom is 0.264 e. The number of nitrogens with one attached hydrogen (secondary N) is 2. The second kappa shape index (κ2) is 8.08. The third kappa shape index (κ3) is 5.65. The summed E-state index contributed by atoms with van der Waals surface area (Å²) in [6, 6.07) is 13.2. The third-order valence-electron chi connectivity index (χ3n) is 3.07. The molecule has 0 aromatic heterocycles. The monoisotopic (exact) mass is 392 g/mol. The van der Waals surface area contributed by atoms with Crippen LogP contribution in [0.4, 0.5) is 5.69 Å². The molecule has 4 nitrogen and oxygen atoms in total. The lowest BCUT2D eigenvalue weighted by Crippen LogP contribution is -2.37. The highest BCUT2D eigenvalue weighted by Crippen LogP contribution is 2.16. The lowest BCUT2D eigenvalue weighted by atomic mass is 10.1. The maximum atomic E-state index is 11.9. The maximum absolute atomic E-state index is 11.9. The van der Waals surface area contributed by atoms with Crippen molar-refractivity contribution in [2.75, 3.05) is 11.9 Å².